The maximum absolute atomic E-state index is 13.9. The summed E-state index contributed by atoms with van der Waals surface area (Å²) in [6, 6.07) is 53.8. The van der Waals surface area contributed by atoms with Crippen LogP contribution in [0, 0.1) is 11.8 Å². The molecule has 1 aliphatic carbocycles. The van der Waals surface area contributed by atoms with Crippen molar-refractivity contribution in [2.75, 3.05) is 19.8 Å². The van der Waals surface area contributed by atoms with E-state index in [-0.39, 0.29) is 38.3 Å². The summed E-state index contributed by atoms with van der Waals surface area (Å²) in [4.78, 5) is 33.7. The number of fused-ring (bicyclic) bond motifs is 4. The van der Waals surface area contributed by atoms with Crippen LogP contribution in [0.3, 0.4) is 0 Å². The van der Waals surface area contributed by atoms with E-state index in [1.54, 1.807) is 0 Å². The normalized spacial score (nSPS) is 27.1. The third-order valence-electron chi connectivity index (χ3n) is 14.6. The molecule has 0 saturated carbocycles. The minimum atomic E-state index is -1.52. The molecule has 3 heterocycles. The van der Waals surface area contributed by atoms with Gasteiger partial charge in [-0.15, -0.1) is 0 Å². The lowest BCUT2D eigenvalue weighted by atomic mass is 9.88. The summed E-state index contributed by atoms with van der Waals surface area (Å²) in [5.74, 6) is -3.32. The second-order valence-electron chi connectivity index (χ2n) is 19.7. The zero-order valence-electron chi connectivity index (χ0n) is 42.3. The monoisotopic (exact) mass is 1020 g/mol. The van der Waals surface area contributed by atoms with Gasteiger partial charge in [-0.2, -0.15) is 5.48 Å². The van der Waals surface area contributed by atoms with Crippen LogP contribution in [0.2, 0.25) is 0 Å². The molecule has 6 aromatic carbocycles. The molecule has 6 aromatic rings. The van der Waals surface area contributed by atoms with Gasteiger partial charge in [0.1, 0.15) is 37.1 Å². The van der Waals surface area contributed by atoms with Crippen LogP contribution in [0.5, 0.6) is 0 Å². The van der Waals surface area contributed by atoms with Crippen LogP contribution in [0.1, 0.15) is 66.4 Å². The number of ketones is 1. The maximum Gasteiger partial charge on any atom is 0.376 e. The van der Waals surface area contributed by atoms with Crippen molar-refractivity contribution in [2.45, 2.75) is 114 Å². The molecule has 13 atom stereocenters. The van der Waals surface area contributed by atoms with E-state index in [2.05, 4.69) is 12.4 Å². The number of aliphatic hydroxyl groups is 1. The van der Waals surface area contributed by atoms with Crippen LogP contribution in [-0.2, 0) is 76.9 Å². The molecule has 3 saturated heterocycles. The molecule has 392 valence electrons. The van der Waals surface area contributed by atoms with Crippen LogP contribution in [0.4, 0.5) is 0 Å². The lowest BCUT2D eigenvalue weighted by Crippen LogP contribution is -2.64. The van der Waals surface area contributed by atoms with Crippen LogP contribution < -0.4 is 5.48 Å². The average molecular weight is 1020 g/mol. The lowest BCUT2D eigenvalue weighted by Gasteiger charge is -2.51. The highest BCUT2D eigenvalue weighted by atomic mass is 16.8. The Labute approximate surface area is 438 Å². The number of hydrogen-bond donors (Lipinski definition) is 2. The zero-order valence-corrected chi connectivity index (χ0v) is 42.3. The van der Waals surface area contributed by atoms with E-state index in [1.807, 2.05) is 177 Å². The number of aliphatic hydroxyl groups excluding tert-OH is 1. The molecule has 14 heteroatoms. The Balaban J connectivity index is 0.895. The number of esters is 1. The number of Topliss-reactive ketones (excluding diaryl/α,β-unsaturated/α-hetero) is 1. The molecule has 0 spiro atoms. The molecular weight excluding hydrogens is 955 g/mol. The molecule has 0 radical (unpaired) electrons. The van der Waals surface area contributed by atoms with E-state index in [9.17, 15) is 14.7 Å². The van der Waals surface area contributed by atoms with Gasteiger partial charge >= 0.3 is 5.97 Å². The van der Waals surface area contributed by atoms with Gasteiger partial charge in [-0.05, 0) is 45.9 Å². The number of ether oxygens (including phenoxy) is 9. The van der Waals surface area contributed by atoms with Gasteiger partial charge in [0.2, 0.25) is 0 Å². The number of hydrogen-bond acceptors (Lipinski definition) is 14. The minimum Gasteiger partial charge on any atom is -0.459 e. The molecule has 0 amide bonds. The first-order valence-electron chi connectivity index (χ1n) is 25.9. The Bertz CT molecular complexity index is 2720. The van der Waals surface area contributed by atoms with E-state index >= 15 is 0 Å². The summed E-state index contributed by atoms with van der Waals surface area (Å²) < 4.78 is 59.7. The predicted molar refractivity (Wildman–Crippen MR) is 276 cm³/mol. The number of carbonyl (C=O) groups excluding carboxylic acids is 2. The summed E-state index contributed by atoms with van der Waals surface area (Å²) in [6.45, 7) is 6.53. The number of hydroxylamine groups is 1. The molecular formula is C61H65NO13. The SMILES string of the molecule is CC1[C@@H](ON[C@H](C(=O)C(=O)OCC2c3ccccc3-c3ccccc32)[C@@H](C)O)OC2COC(c3ccccc3)O[C@@H]2[C@@H]1O[C@@H]1OC(COCc2ccccc2)[C@H](OCc2ccccc2)[C@H](C)C1OCc1ccccc1. The van der Waals surface area contributed by atoms with Crippen LogP contribution in [0.15, 0.2) is 170 Å². The van der Waals surface area contributed by atoms with Crippen molar-refractivity contribution in [1.82, 2.24) is 5.48 Å². The van der Waals surface area contributed by atoms with Gasteiger partial charge in [-0.3, -0.25) is 9.63 Å². The topological polar surface area (TPSA) is 159 Å². The molecule has 0 aromatic heterocycles. The van der Waals surface area contributed by atoms with Crippen molar-refractivity contribution < 1.29 is 62.2 Å². The predicted octanol–water partition coefficient (Wildman–Crippen LogP) is 8.79. The van der Waals surface area contributed by atoms with E-state index < -0.39 is 85.3 Å². The van der Waals surface area contributed by atoms with E-state index in [1.165, 1.54) is 6.92 Å². The molecule has 75 heavy (non-hydrogen) atoms. The average Bonchev–Trinajstić information content (AvgIpc) is 3.77. The Morgan fingerprint density at radius 2 is 1.16 bits per heavy atom. The highest BCUT2D eigenvalue weighted by Gasteiger charge is 2.54. The first-order valence-corrected chi connectivity index (χ1v) is 25.9. The van der Waals surface area contributed by atoms with Crippen LogP contribution in [-0.4, -0.2) is 98.0 Å². The Morgan fingerprint density at radius 3 is 1.76 bits per heavy atom. The van der Waals surface area contributed by atoms with Gasteiger partial charge in [-0.25, -0.2) is 4.79 Å². The highest BCUT2D eigenvalue weighted by molar-refractivity contribution is 6.35. The third-order valence-corrected chi connectivity index (χ3v) is 14.6. The number of benzene rings is 6. The highest BCUT2D eigenvalue weighted by Crippen LogP contribution is 2.45. The van der Waals surface area contributed by atoms with Gasteiger partial charge in [0.15, 0.2) is 18.9 Å². The van der Waals surface area contributed by atoms with Gasteiger partial charge in [0.05, 0.1) is 51.3 Å². The first-order chi connectivity index (χ1) is 36.7. The van der Waals surface area contributed by atoms with Crippen molar-refractivity contribution in [2.24, 2.45) is 11.8 Å². The fourth-order valence-electron chi connectivity index (χ4n) is 10.5. The molecule has 0 bridgehead atoms. The fraction of sp³-hybridized carbons (Fsp3) is 0.377. The second kappa shape index (κ2) is 24.8. The van der Waals surface area contributed by atoms with E-state index in [0.717, 1.165) is 44.5 Å². The molecule has 14 nitrogen and oxygen atoms in total. The van der Waals surface area contributed by atoms with Crippen molar-refractivity contribution in [1.29, 1.82) is 0 Å². The summed E-state index contributed by atoms with van der Waals surface area (Å²) in [6.07, 6.45) is -8.24. The van der Waals surface area contributed by atoms with Crippen molar-refractivity contribution in [3.63, 3.8) is 0 Å². The lowest BCUT2D eigenvalue weighted by molar-refractivity contribution is -0.391. The minimum absolute atomic E-state index is 0.0708. The standard InChI is InChI=1S/C61H65NO13/c1-38-54(67-33-42-22-10-5-11-23-42)50(36-66-32-41-20-8-4-9-21-41)72-61(56(38)68-34-43-24-12-6-13-25-43)73-55-39(2)59(71-51-37-70-60(74-57(51)55)44-26-14-7-15-27-44)75-62-52(40(3)63)53(64)58(65)69-35-49-47-30-18-16-28-45(47)46-29-17-19-31-48(46)49/h4-31,38-40,49-52,54-57,59-63H,32-37H2,1-3H3/t38-,39?,40+,50?,51?,52-,54+,55+,56?,57-,59+,60?,61-/m0/s1. The molecule has 10 rings (SSSR count). The van der Waals surface area contributed by atoms with Gasteiger partial charge < -0.3 is 47.7 Å². The number of rotatable bonds is 21. The largest absolute Gasteiger partial charge is 0.459 e. The third kappa shape index (κ3) is 12.3. The van der Waals surface area contributed by atoms with Gasteiger partial charge in [0, 0.05) is 23.3 Å². The van der Waals surface area contributed by atoms with E-state index in [4.69, 9.17) is 47.5 Å². The van der Waals surface area contributed by atoms with Crippen molar-refractivity contribution >= 4 is 11.8 Å². The van der Waals surface area contributed by atoms with E-state index in [0.29, 0.717) is 13.2 Å². The van der Waals surface area contributed by atoms with Crippen molar-refractivity contribution in [3.8, 4) is 11.1 Å². The number of nitrogens with one attached hydrogen (secondary N) is 1. The summed E-state index contributed by atoms with van der Waals surface area (Å²) in [7, 11) is 0. The number of carbonyl (C=O) groups is 2. The maximum atomic E-state index is 13.9. The first kappa shape index (κ1) is 52.5. The summed E-state index contributed by atoms with van der Waals surface area (Å²) >= 11 is 0. The summed E-state index contributed by atoms with van der Waals surface area (Å²) in [5.41, 5.74) is 10.6. The molecule has 3 fully saturated rings. The summed E-state index contributed by atoms with van der Waals surface area (Å²) in [5, 5.41) is 11.0. The Kier molecular flexibility index (Phi) is 17.3. The van der Waals surface area contributed by atoms with Crippen LogP contribution in [0.25, 0.3) is 11.1 Å². The van der Waals surface area contributed by atoms with Gasteiger partial charge in [0.25, 0.3) is 5.78 Å². The molecule has 3 aliphatic heterocycles. The van der Waals surface area contributed by atoms with Crippen molar-refractivity contribution in [3.05, 3.63) is 203 Å². The zero-order chi connectivity index (χ0) is 51.7. The van der Waals surface area contributed by atoms with Crippen LogP contribution >= 0.6 is 0 Å². The Hall–Kier alpha value is -5.98. The second-order valence-corrected chi connectivity index (χ2v) is 19.7. The quantitative estimate of drug-likeness (QED) is 0.0400. The molecule has 4 aliphatic rings. The van der Waals surface area contributed by atoms with Gasteiger partial charge in [-0.1, -0.05) is 184 Å². The smallest absolute Gasteiger partial charge is 0.376 e. The Morgan fingerprint density at radius 1 is 0.613 bits per heavy atom. The molecule has 5 unspecified atom stereocenters. The fourth-order valence-corrected chi connectivity index (χ4v) is 10.5. The molecule has 2 N–H and O–H groups in total.